The second kappa shape index (κ2) is 7.61. The summed E-state index contributed by atoms with van der Waals surface area (Å²) in [4.78, 5) is 20.5. The number of pyridine rings is 1. The largest absolute Gasteiger partial charge is 0.482 e. The van der Waals surface area contributed by atoms with Crippen molar-refractivity contribution in [1.29, 1.82) is 0 Å². The lowest BCUT2D eigenvalue weighted by Crippen LogP contribution is -2.20. The first-order valence-corrected chi connectivity index (χ1v) is 8.50. The van der Waals surface area contributed by atoms with Crippen LogP contribution in [0.1, 0.15) is 0 Å². The number of rotatable bonds is 5. The van der Waals surface area contributed by atoms with E-state index in [1.165, 1.54) is 11.3 Å². The first-order valence-electron chi connectivity index (χ1n) is 6.86. The highest BCUT2D eigenvalue weighted by molar-refractivity contribution is 7.14. The van der Waals surface area contributed by atoms with Crippen molar-refractivity contribution in [2.75, 3.05) is 11.9 Å². The van der Waals surface area contributed by atoms with Crippen LogP contribution in [0.15, 0.2) is 48.0 Å². The molecular weight excluding hydrogens is 369 g/mol. The van der Waals surface area contributed by atoms with Crippen molar-refractivity contribution >= 4 is 45.6 Å². The number of ether oxygens (including phenoxy) is 1. The Bertz CT molecular complexity index is 856. The maximum absolute atomic E-state index is 12.0. The average molecular weight is 380 g/mol. The second-order valence-corrected chi connectivity index (χ2v) is 6.37. The van der Waals surface area contributed by atoms with Crippen LogP contribution < -0.4 is 10.1 Å². The van der Waals surface area contributed by atoms with Crippen LogP contribution in [0.4, 0.5) is 5.13 Å². The summed E-state index contributed by atoms with van der Waals surface area (Å²) in [5.41, 5.74) is 1.45. The van der Waals surface area contributed by atoms with Crippen LogP contribution in [-0.4, -0.2) is 22.5 Å². The van der Waals surface area contributed by atoms with Gasteiger partial charge in [0.15, 0.2) is 11.7 Å². The minimum atomic E-state index is -0.340. The number of anilines is 1. The maximum atomic E-state index is 12.0. The van der Waals surface area contributed by atoms with Gasteiger partial charge in [-0.05, 0) is 24.3 Å². The number of halogens is 2. The molecule has 8 heteroatoms. The van der Waals surface area contributed by atoms with Crippen LogP contribution >= 0.6 is 34.5 Å². The summed E-state index contributed by atoms with van der Waals surface area (Å²) >= 11 is 13.2. The van der Waals surface area contributed by atoms with Gasteiger partial charge in [-0.15, -0.1) is 11.3 Å². The Morgan fingerprint density at radius 1 is 1.21 bits per heavy atom. The van der Waals surface area contributed by atoms with E-state index >= 15 is 0 Å². The van der Waals surface area contributed by atoms with Crippen LogP contribution in [0.5, 0.6) is 5.75 Å². The number of thiazole rings is 1. The lowest BCUT2D eigenvalue weighted by molar-refractivity contribution is -0.118. The zero-order valence-electron chi connectivity index (χ0n) is 12.2. The summed E-state index contributed by atoms with van der Waals surface area (Å²) in [7, 11) is 0. The van der Waals surface area contributed by atoms with Crippen molar-refractivity contribution in [3.63, 3.8) is 0 Å². The molecule has 0 radical (unpaired) electrons. The van der Waals surface area contributed by atoms with Crippen LogP contribution in [0.25, 0.3) is 11.4 Å². The molecule has 5 nitrogen and oxygen atoms in total. The van der Waals surface area contributed by atoms with Crippen LogP contribution in [-0.2, 0) is 4.79 Å². The zero-order valence-corrected chi connectivity index (χ0v) is 14.5. The number of amides is 1. The summed E-state index contributed by atoms with van der Waals surface area (Å²) < 4.78 is 5.38. The third-order valence-corrected chi connectivity index (χ3v) is 4.23. The SMILES string of the molecule is O=C(COc1cc(Cl)ccc1Cl)Nc1nc(-c2ccccn2)cs1. The van der Waals surface area contributed by atoms with E-state index in [4.69, 9.17) is 27.9 Å². The molecule has 0 spiro atoms. The molecule has 0 bridgehead atoms. The molecule has 1 aromatic carbocycles. The minimum absolute atomic E-state index is 0.196. The van der Waals surface area contributed by atoms with Gasteiger partial charge in [-0.1, -0.05) is 29.3 Å². The Balaban J connectivity index is 1.59. The Morgan fingerprint density at radius 3 is 2.88 bits per heavy atom. The number of hydrogen-bond donors (Lipinski definition) is 1. The number of nitrogens with zero attached hydrogens (tertiary/aromatic N) is 2. The number of aromatic nitrogens is 2. The molecule has 1 N–H and O–H groups in total. The van der Waals surface area contributed by atoms with Crippen molar-refractivity contribution in [3.05, 3.63) is 58.0 Å². The van der Waals surface area contributed by atoms with Crippen molar-refractivity contribution < 1.29 is 9.53 Å². The highest BCUT2D eigenvalue weighted by Gasteiger charge is 2.10. The number of carbonyl (C=O) groups excluding carboxylic acids is 1. The van der Waals surface area contributed by atoms with Crippen molar-refractivity contribution in [2.45, 2.75) is 0 Å². The van der Waals surface area contributed by atoms with Crippen molar-refractivity contribution in [3.8, 4) is 17.1 Å². The maximum Gasteiger partial charge on any atom is 0.264 e. The number of benzene rings is 1. The number of nitrogens with one attached hydrogen (secondary N) is 1. The van der Waals surface area contributed by atoms with Crippen LogP contribution in [0.2, 0.25) is 10.0 Å². The van der Waals surface area contributed by atoms with E-state index in [9.17, 15) is 4.79 Å². The molecule has 0 aliphatic heterocycles. The van der Waals surface area contributed by atoms with E-state index in [-0.39, 0.29) is 12.5 Å². The smallest absolute Gasteiger partial charge is 0.264 e. The van der Waals surface area contributed by atoms with Gasteiger partial charge >= 0.3 is 0 Å². The fourth-order valence-corrected chi connectivity index (χ4v) is 2.90. The fourth-order valence-electron chi connectivity index (χ4n) is 1.85. The van der Waals surface area contributed by atoms with Gasteiger partial charge in [-0.25, -0.2) is 4.98 Å². The van der Waals surface area contributed by atoms with E-state index in [2.05, 4.69) is 15.3 Å². The van der Waals surface area contributed by atoms with Gasteiger partial charge in [0, 0.05) is 22.7 Å². The summed E-state index contributed by atoms with van der Waals surface area (Å²) in [6.07, 6.45) is 1.69. The molecule has 0 aliphatic carbocycles. The normalized spacial score (nSPS) is 10.4. The lowest BCUT2D eigenvalue weighted by Gasteiger charge is -2.07. The summed E-state index contributed by atoms with van der Waals surface area (Å²) in [5, 5.41) is 5.84. The molecule has 0 unspecified atom stereocenters. The molecule has 0 atom stereocenters. The third kappa shape index (κ3) is 4.23. The van der Waals surface area contributed by atoms with Gasteiger partial charge in [-0.2, -0.15) is 0 Å². The predicted octanol–water partition coefficient (Wildman–Crippen LogP) is 4.53. The summed E-state index contributed by atoms with van der Waals surface area (Å²) in [5.74, 6) is 0.0144. The molecule has 2 aromatic heterocycles. The van der Waals surface area contributed by atoms with E-state index in [0.29, 0.717) is 26.6 Å². The molecule has 0 aliphatic rings. The summed E-state index contributed by atoms with van der Waals surface area (Å²) in [6, 6.07) is 10.4. The van der Waals surface area contributed by atoms with E-state index in [1.54, 1.807) is 24.4 Å². The Hall–Kier alpha value is -2.15. The van der Waals surface area contributed by atoms with Crippen LogP contribution in [0.3, 0.4) is 0 Å². The average Bonchev–Trinajstić information content (AvgIpc) is 3.05. The number of hydrogen-bond acceptors (Lipinski definition) is 5. The van der Waals surface area contributed by atoms with Gasteiger partial charge in [0.1, 0.15) is 11.4 Å². The molecule has 1 amide bonds. The molecule has 3 rings (SSSR count). The van der Waals surface area contributed by atoms with Crippen molar-refractivity contribution in [1.82, 2.24) is 9.97 Å². The van der Waals surface area contributed by atoms with Gasteiger partial charge in [-0.3, -0.25) is 15.1 Å². The Kier molecular flexibility index (Phi) is 5.30. The minimum Gasteiger partial charge on any atom is -0.482 e. The lowest BCUT2D eigenvalue weighted by atomic mass is 10.3. The molecular formula is C16H11Cl2N3O2S. The Morgan fingerprint density at radius 2 is 2.08 bits per heavy atom. The van der Waals surface area contributed by atoms with E-state index in [1.807, 2.05) is 23.6 Å². The van der Waals surface area contributed by atoms with Gasteiger partial charge in [0.25, 0.3) is 5.91 Å². The molecule has 122 valence electrons. The molecule has 24 heavy (non-hydrogen) atoms. The highest BCUT2D eigenvalue weighted by Crippen LogP contribution is 2.28. The fraction of sp³-hybridized carbons (Fsp3) is 0.0625. The van der Waals surface area contributed by atoms with Gasteiger partial charge in [0.2, 0.25) is 0 Å². The molecule has 0 saturated heterocycles. The molecule has 0 saturated carbocycles. The number of carbonyl (C=O) groups is 1. The topological polar surface area (TPSA) is 64.1 Å². The van der Waals surface area contributed by atoms with Crippen molar-refractivity contribution in [2.24, 2.45) is 0 Å². The monoisotopic (exact) mass is 379 g/mol. The first kappa shape index (κ1) is 16.7. The molecule has 3 aromatic rings. The van der Waals surface area contributed by atoms with E-state index in [0.717, 1.165) is 5.69 Å². The third-order valence-electron chi connectivity index (χ3n) is 2.93. The van der Waals surface area contributed by atoms with Crippen LogP contribution in [0, 0.1) is 0 Å². The predicted molar refractivity (Wildman–Crippen MR) is 95.9 cm³/mol. The second-order valence-electron chi connectivity index (χ2n) is 4.66. The highest BCUT2D eigenvalue weighted by atomic mass is 35.5. The molecule has 2 heterocycles. The standard InChI is InChI=1S/C16H11Cl2N3O2S/c17-10-4-5-11(18)14(7-10)23-8-15(22)21-16-20-13(9-24-16)12-3-1-2-6-19-12/h1-7,9H,8H2,(H,20,21,22). The first-order chi connectivity index (χ1) is 11.6. The van der Waals surface area contributed by atoms with Gasteiger partial charge < -0.3 is 4.74 Å². The summed E-state index contributed by atoms with van der Waals surface area (Å²) in [6.45, 7) is -0.196. The Labute approximate surface area is 152 Å². The van der Waals surface area contributed by atoms with Gasteiger partial charge in [0.05, 0.1) is 10.7 Å². The molecule has 0 fully saturated rings. The van der Waals surface area contributed by atoms with E-state index < -0.39 is 0 Å². The zero-order chi connectivity index (χ0) is 16.9. The quantitative estimate of drug-likeness (QED) is 0.707.